The van der Waals surface area contributed by atoms with Gasteiger partial charge >= 0.3 is 8.80 Å². The van der Waals surface area contributed by atoms with Crippen molar-refractivity contribution in [2.45, 2.75) is 72.1 Å². The second-order valence-corrected chi connectivity index (χ2v) is 8.83. The summed E-state index contributed by atoms with van der Waals surface area (Å²) in [5.74, 6) is 0. The first-order valence-electron chi connectivity index (χ1n) is 9.73. The predicted molar refractivity (Wildman–Crippen MR) is 104 cm³/mol. The Balaban J connectivity index is 2.95. The van der Waals surface area contributed by atoms with E-state index in [1.165, 1.54) is 5.20 Å². The molecule has 1 aliphatic carbocycles. The standard InChI is InChI=1S/C20H36O3Si/c1-4-7-17-21-24(22-18-8-5-2,23-19-9-6-3)20-15-13-11-10-12-14-16-20/h10-13,15H,4-9,14,16-19H2,1-3H3/b12-10-,13-11-,20-15+. The van der Waals surface area contributed by atoms with Crippen LogP contribution in [0.1, 0.15) is 72.1 Å². The Morgan fingerprint density at radius 2 is 1.33 bits per heavy atom. The van der Waals surface area contributed by atoms with Crippen molar-refractivity contribution in [1.29, 1.82) is 0 Å². The van der Waals surface area contributed by atoms with Gasteiger partial charge in [-0.1, -0.05) is 70.4 Å². The lowest BCUT2D eigenvalue weighted by Crippen LogP contribution is -2.49. The molecule has 0 aliphatic heterocycles. The van der Waals surface area contributed by atoms with Gasteiger partial charge in [0.15, 0.2) is 0 Å². The van der Waals surface area contributed by atoms with Crippen LogP contribution in [0.3, 0.4) is 0 Å². The molecule has 0 amide bonds. The molecular formula is C20H36O3Si. The molecule has 1 rings (SSSR count). The summed E-state index contributed by atoms with van der Waals surface area (Å²) in [6.45, 7) is 8.72. The van der Waals surface area contributed by atoms with Crippen molar-refractivity contribution in [2.24, 2.45) is 0 Å². The van der Waals surface area contributed by atoms with Crippen molar-refractivity contribution < 1.29 is 13.3 Å². The van der Waals surface area contributed by atoms with Crippen molar-refractivity contribution in [3.63, 3.8) is 0 Å². The zero-order chi connectivity index (χ0) is 17.5. The third kappa shape index (κ3) is 7.93. The number of hydrogen-bond donors (Lipinski definition) is 0. The van der Waals surface area contributed by atoms with Crippen LogP contribution in [0.4, 0.5) is 0 Å². The molecule has 0 bridgehead atoms. The number of unbranched alkanes of at least 4 members (excludes halogenated alkanes) is 3. The van der Waals surface area contributed by atoms with E-state index in [4.69, 9.17) is 13.3 Å². The second kappa shape index (κ2) is 13.6. The van der Waals surface area contributed by atoms with Gasteiger partial charge in [0.2, 0.25) is 0 Å². The van der Waals surface area contributed by atoms with Gasteiger partial charge in [-0.25, -0.2) is 0 Å². The summed E-state index contributed by atoms with van der Waals surface area (Å²) in [5, 5.41) is 1.23. The summed E-state index contributed by atoms with van der Waals surface area (Å²) in [6, 6.07) is 0. The molecule has 0 saturated heterocycles. The highest BCUT2D eigenvalue weighted by Gasteiger charge is 2.45. The molecule has 0 unspecified atom stereocenters. The minimum Gasteiger partial charge on any atom is -0.370 e. The minimum atomic E-state index is -2.79. The van der Waals surface area contributed by atoms with Gasteiger partial charge in [-0.2, -0.15) is 0 Å². The molecule has 0 heterocycles. The first-order chi connectivity index (χ1) is 11.8. The molecule has 0 spiro atoms. The van der Waals surface area contributed by atoms with Gasteiger partial charge in [0, 0.05) is 25.0 Å². The lowest BCUT2D eigenvalue weighted by Gasteiger charge is -2.32. The SMILES string of the molecule is CCCCO[Si](OCCCC)(OCCCC)/C1=C/C=C\C=C/CC1. The topological polar surface area (TPSA) is 27.7 Å². The van der Waals surface area contributed by atoms with Crippen LogP contribution in [0, 0.1) is 0 Å². The molecule has 1 aliphatic rings. The fraction of sp³-hybridized carbons (Fsp3) is 0.700. The number of allylic oxidation sites excluding steroid dienone is 6. The Labute approximate surface area is 150 Å². The zero-order valence-corrected chi connectivity index (χ0v) is 16.9. The van der Waals surface area contributed by atoms with Crippen molar-refractivity contribution in [1.82, 2.24) is 0 Å². The molecular weight excluding hydrogens is 316 g/mol. The lowest BCUT2D eigenvalue weighted by atomic mass is 10.2. The third-order valence-corrected chi connectivity index (χ3v) is 6.95. The second-order valence-electron chi connectivity index (χ2n) is 6.21. The molecule has 0 radical (unpaired) electrons. The normalized spacial score (nSPS) is 20.0. The van der Waals surface area contributed by atoms with E-state index in [-0.39, 0.29) is 0 Å². The van der Waals surface area contributed by atoms with E-state index in [1.54, 1.807) is 0 Å². The van der Waals surface area contributed by atoms with Gasteiger partial charge in [0.25, 0.3) is 0 Å². The molecule has 0 atom stereocenters. The first-order valence-corrected chi connectivity index (χ1v) is 11.5. The molecule has 24 heavy (non-hydrogen) atoms. The average molecular weight is 353 g/mol. The fourth-order valence-corrected chi connectivity index (χ4v) is 5.24. The van der Waals surface area contributed by atoms with E-state index < -0.39 is 8.80 Å². The molecule has 0 saturated carbocycles. The summed E-state index contributed by atoms with van der Waals surface area (Å²) in [4.78, 5) is 0. The molecule has 138 valence electrons. The highest BCUT2D eigenvalue weighted by atomic mass is 28.4. The largest absolute Gasteiger partial charge is 0.533 e. The first kappa shape index (κ1) is 21.4. The maximum Gasteiger partial charge on any atom is 0.533 e. The molecule has 3 nitrogen and oxygen atoms in total. The molecule has 0 aromatic heterocycles. The van der Waals surface area contributed by atoms with Gasteiger partial charge in [0.1, 0.15) is 0 Å². The van der Waals surface area contributed by atoms with E-state index in [2.05, 4.69) is 51.2 Å². The van der Waals surface area contributed by atoms with Gasteiger partial charge in [-0.05, 0) is 32.1 Å². The van der Waals surface area contributed by atoms with Crippen LogP contribution in [-0.4, -0.2) is 28.6 Å². The van der Waals surface area contributed by atoms with Crippen LogP contribution in [0.5, 0.6) is 0 Å². The highest BCUT2D eigenvalue weighted by Crippen LogP contribution is 2.27. The maximum atomic E-state index is 6.37. The van der Waals surface area contributed by atoms with Gasteiger partial charge < -0.3 is 13.3 Å². The Morgan fingerprint density at radius 3 is 1.83 bits per heavy atom. The Bertz CT molecular complexity index is 375. The van der Waals surface area contributed by atoms with Gasteiger partial charge in [-0.15, -0.1) is 0 Å². The zero-order valence-electron chi connectivity index (χ0n) is 15.9. The Hall–Kier alpha value is -0.683. The molecule has 4 heteroatoms. The quantitative estimate of drug-likeness (QED) is 0.312. The molecule has 0 aromatic carbocycles. The fourth-order valence-electron chi connectivity index (χ4n) is 2.44. The number of rotatable bonds is 13. The maximum absolute atomic E-state index is 6.37. The van der Waals surface area contributed by atoms with E-state index in [0.717, 1.165) is 71.2 Å². The average Bonchev–Trinajstić information content (AvgIpc) is 2.55. The third-order valence-electron chi connectivity index (χ3n) is 4.00. The molecule has 0 fully saturated rings. The van der Waals surface area contributed by atoms with Crippen molar-refractivity contribution in [2.75, 3.05) is 19.8 Å². The Kier molecular flexibility index (Phi) is 12.1. The van der Waals surface area contributed by atoms with Crippen LogP contribution in [-0.2, 0) is 13.3 Å². The summed E-state index contributed by atoms with van der Waals surface area (Å²) < 4.78 is 19.1. The molecule has 0 aromatic rings. The number of hydrogen-bond acceptors (Lipinski definition) is 3. The summed E-state index contributed by atoms with van der Waals surface area (Å²) in [5.41, 5.74) is 0. The van der Waals surface area contributed by atoms with Gasteiger partial charge in [0.05, 0.1) is 0 Å². The smallest absolute Gasteiger partial charge is 0.370 e. The van der Waals surface area contributed by atoms with E-state index >= 15 is 0 Å². The summed E-state index contributed by atoms with van der Waals surface area (Å²) in [7, 11) is -2.79. The van der Waals surface area contributed by atoms with Gasteiger partial charge in [-0.3, -0.25) is 0 Å². The minimum absolute atomic E-state index is 0.720. The van der Waals surface area contributed by atoms with Crippen LogP contribution >= 0.6 is 0 Å². The summed E-state index contributed by atoms with van der Waals surface area (Å²) >= 11 is 0. The van der Waals surface area contributed by atoms with Crippen molar-refractivity contribution in [3.05, 3.63) is 35.6 Å². The monoisotopic (exact) mass is 352 g/mol. The van der Waals surface area contributed by atoms with Crippen molar-refractivity contribution in [3.8, 4) is 0 Å². The van der Waals surface area contributed by atoms with E-state index in [9.17, 15) is 0 Å². The van der Waals surface area contributed by atoms with Crippen molar-refractivity contribution >= 4 is 8.80 Å². The van der Waals surface area contributed by atoms with Crippen LogP contribution in [0.2, 0.25) is 0 Å². The molecule has 0 N–H and O–H groups in total. The van der Waals surface area contributed by atoms with Crippen LogP contribution < -0.4 is 0 Å². The van der Waals surface area contributed by atoms with E-state index in [1.807, 2.05) is 0 Å². The van der Waals surface area contributed by atoms with Crippen LogP contribution in [0.15, 0.2) is 35.6 Å². The Morgan fingerprint density at radius 1 is 0.792 bits per heavy atom. The highest BCUT2D eigenvalue weighted by molar-refractivity contribution is 6.68. The predicted octanol–water partition coefficient (Wildman–Crippen LogP) is 5.75. The summed E-state index contributed by atoms with van der Waals surface area (Å²) in [6.07, 6.45) is 19.1. The van der Waals surface area contributed by atoms with Crippen LogP contribution in [0.25, 0.3) is 0 Å². The van der Waals surface area contributed by atoms with E-state index in [0.29, 0.717) is 0 Å². The lowest BCUT2D eigenvalue weighted by molar-refractivity contribution is 0.0643.